The van der Waals surface area contributed by atoms with Gasteiger partial charge in [-0.25, -0.2) is 4.98 Å². The van der Waals surface area contributed by atoms with Gasteiger partial charge in [-0.3, -0.25) is 4.90 Å². The predicted octanol–water partition coefficient (Wildman–Crippen LogP) is 1.60. The minimum atomic E-state index is 0.465. The highest BCUT2D eigenvalue weighted by atomic mass is 15.2. The zero-order valence-corrected chi connectivity index (χ0v) is 9.76. The molecule has 0 radical (unpaired) electrons. The van der Waals surface area contributed by atoms with Crippen molar-refractivity contribution in [2.24, 2.45) is 0 Å². The third-order valence-electron chi connectivity index (χ3n) is 3.56. The monoisotopic (exact) mass is 228 g/mol. The van der Waals surface area contributed by atoms with Gasteiger partial charge in [-0.2, -0.15) is 5.26 Å². The van der Waals surface area contributed by atoms with Crippen LogP contribution in [0.25, 0.3) is 0 Å². The molecule has 1 aliphatic carbocycles. The molecule has 1 N–H and O–H groups in total. The molecule has 1 aliphatic heterocycles. The zero-order valence-electron chi connectivity index (χ0n) is 9.76. The predicted molar refractivity (Wildman–Crippen MR) is 65.6 cm³/mol. The molecule has 1 saturated heterocycles. The second-order valence-electron chi connectivity index (χ2n) is 4.87. The number of nitrogens with zero attached hydrogens (tertiary/aromatic N) is 3. The molecular formula is C13H16N4. The average Bonchev–Trinajstić information content (AvgIpc) is 3.11. The maximum Gasteiger partial charge on any atom is 0.163 e. The van der Waals surface area contributed by atoms with Crippen molar-refractivity contribution in [1.82, 2.24) is 9.88 Å². The van der Waals surface area contributed by atoms with Crippen molar-refractivity contribution in [3.8, 4) is 6.07 Å². The van der Waals surface area contributed by atoms with Gasteiger partial charge in [0.2, 0.25) is 0 Å². The Morgan fingerprint density at radius 3 is 3.06 bits per heavy atom. The number of likely N-dealkylation sites (tertiary alicyclic amines) is 1. The van der Waals surface area contributed by atoms with Gasteiger partial charge in [0.15, 0.2) is 5.69 Å². The van der Waals surface area contributed by atoms with Crippen LogP contribution in [0, 0.1) is 11.3 Å². The number of pyridine rings is 1. The number of nitrogens with one attached hydrogen (secondary N) is 1. The van der Waals surface area contributed by atoms with Crippen molar-refractivity contribution in [2.45, 2.75) is 31.3 Å². The summed E-state index contributed by atoms with van der Waals surface area (Å²) in [5.41, 5.74) is 1.37. The SMILES string of the molecule is N#Cc1ncccc1NC1CCN(C2CC2)C1. The lowest BCUT2D eigenvalue weighted by Crippen LogP contribution is -2.28. The van der Waals surface area contributed by atoms with Gasteiger partial charge in [-0.1, -0.05) is 0 Å². The molecule has 2 fully saturated rings. The molecule has 88 valence electrons. The summed E-state index contributed by atoms with van der Waals surface area (Å²) in [5, 5.41) is 12.4. The van der Waals surface area contributed by atoms with Crippen LogP contribution >= 0.6 is 0 Å². The van der Waals surface area contributed by atoms with Gasteiger partial charge in [-0.15, -0.1) is 0 Å². The second-order valence-corrected chi connectivity index (χ2v) is 4.87. The molecule has 4 heteroatoms. The van der Waals surface area contributed by atoms with E-state index in [-0.39, 0.29) is 0 Å². The molecule has 2 aliphatic rings. The van der Waals surface area contributed by atoms with Gasteiger partial charge in [0.25, 0.3) is 0 Å². The van der Waals surface area contributed by atoms with Crippen molar-refractivity contribution in [2.75, 3.05) is 18.4 Å². The van der Waals surface area contributed by atoms with Crippen LogP contribution in [0.3, 0.4) is 0 Å². The highest BCUT2D eigenvalue weighted by Gasteiger charge is 2.34. The van der Waals surface area contributed by atoms with Crippen molar-refractivity contribution >= 4 is 5.69 Å². The molecule has 1 atom stereocenters. The van der Waals surface area contributed by atoms with Gasteiger partial charge in [0, 0.05) is 31.4 Å². The topological polar surface area (TPSA) is 52.0 Å². The minimum absolute atomic E-state index is 0.465. The molecule has 3 rings (SSSR count). The summed E-state index contributed by atoms with van der Waals surface area (Å²) in [5.74, 6) is 0. The Morgan fingerprint density at radius 2 is 2.29 bits per heavy atom. The van der Waals surface area contributed by atoms with Crippen LogP contribution in [-0.2, 0) is 0 Å². The quantitative estimate of drug-likeness (QED) is 0.853. The van der Waals surface area contributed by atoms with E-state index in [0.29, 0.717) is 11.7 Å². The van der Waals surface area contributed by atoms with Gasteiger partial charge < -0.3 is 5.32 Å². The van der Waals surface area contributed by atoms with E-state index in [2.05, 4.69) is 21.3 Å². The molecule has 1 unspecified atom stereocenters. The van der Waals surface area contributed by atoms with E-state index in [1.54, 1.807) is 6.20 Å². The Labute approximate surface area is 101 Å². The standard InChI is InChI=1S/C13H16N4/c14-8-13-12(2-1-6-15-13)16-10-5-7-17(9-10)11-3-4-11/h1-2,6,10-11,16H,3-5,7,9H2. The molecule has 2 heterocycles. The van der Waals surface area contributed by atoms with Gasteiger partial charge in [-0.05, 0) is 31.4 Å². The van der Waals surface area contributed by atoms with Crippen molar-refractivity contribution < 1.29 is 0 Å². The van der Waals surface area contributed by atoms with Crippen LogP contribution in [-0.4, -0.2) is 35.1 Å². The summed E-state index contributed by atoms with van der Waals surface area (Å²) in [7, 11) is 0. The summed E-state index contributed by atoms with van der Waals surface area (Å²) in [6, 6.07) is 7.24. The fourth-order valence-electron chi connectivity index (χ4n) is 2.51. The van der Waals surface area contributed by atoms with Gasteiger partial charge in [0.05, 0.1) is 5.69 Å². The van der Waals surface area contributed by atoms with E-state index in [4.69, 9.17) is 5.26 Å². The summed E-state index contributed by atoms with van der Waals surface area (Å²) < 4.78 is 0. The van der Waals surface area contributed by atoms with Crippen molar-refractivity contribution in [3.05, 3.63) is 24.0 Å². The molecule has 0 amide bonds. The summed E-state index contributed by atoms with van der Waals surface area (Å²) in [4.78, 5) is 6.62. The van der Waals surface area contributed by atoms with Crippen LogP contribution in [0.1, 0.15) is 25.0 Å². The number of aromatic nitrogens is 1. The Morgan fingerprint density at radius 1 is 1.41 bits per heavy atom. The first-order valence-electron chi connectivity index (χ1n) is 6.22. The molecule has 4 nitrogen and oxygen atoms in total. The third-order valence-corrected chi connectivity index (χ3v) is 3.56. The van der Waals surface area contributed by atoms with E-state index >= 15 is 0 Å². The lowest BCUT2D eigenvalue weighted by Gasteiger charge is -2.16. The first-order valence-corrected chi connectivity index (χ1v) is 6.22. The molecule has 1 saturated carbocycles. The molecule has 0 bridgehead atoms. The van der Waals surface area contributed by atoms with E-state index in [1.807, 2.05) is 12.1 Å². The largest absolute Gasteiger partial charge is 0.379 e. The summed E-state index contributed by atoms with van der Waals surface area (Å²) in [6.07, 6.45) is 5.55. The number of hydrogen-bond acceptors (Lipinski definition) is 4. The van der Waals surface area contributed by atoms with Crippen LogP contribution in [0.15, 0.2) is 18.3 Å². The zero-order chi connectivity index (χ0) is 11.7. The number of rotatable bonds is 3. The second kappa shape index (κ2) is 4.34. The highest BCUT2D eigenvalue weighted by molar-refractivity contribution is 5.54. The lowest BCUT2D eigenvalue weighted by atomic mass is 10.2. The molecule has 0 spiro atoms. The summed E-state index contributed by atoms with van der Waals surface area (Å²) >= 11 is 0. The molecular weight excluding hydrogens is 212 g/mol. The third kappa shape index (κ3) is 2.25. The molecule has 0 aromatic carbocycles. The van der Waals surface area contributed by atoms with Crippen molar-refractivity contribution in [3.63, 3.8) is 0 Å². The average molecular weight is 228 g/mol. The Balaban J connectivity index is 1.65. The summed E-state index contributed by atoms with van der Waals surface area (Å²) in [6.45, 7) is 2.29. The van der Waals surface area contributed by atoms with Crippen LogP contribution < -0.4 is 5.32 Å². The highest BCUT2D eigenvalue weighted by Crippen LogP contribution is 2.30. The van der Waals surface area contributed by atoms with Crippen molar-refractivity contribution in [1.29, 1.82) is 5.26 Å². The smallest absolute Gasteiger partial charge is 0.163 e. The maximum atomic E-state index is 8.98. The van der Waals surface area contributed by atoms with E-state index in [0.717, 1.165) is 24.7 Å². The van der Waals surface area contributed by atoms with Crippen LogP contribution in [0.4, 0.5) is 5.69 Å². The lowest BCUT2D eigenvalue weighted by molar-refractivity contribution is 0.326. The Kier molecular flexibility index (Phi) is 2.69. The fourth-order valence-corrected chi connectivity index (χ4v) is 2.51. The Hall–Kier alpha value is -1.60. The first-order chi connectivity index (χ1) is 8.36. The van der Waals surface area contributed by atoms with Crippen LogP contribution in [0.2, 0.25) is 0 Å². The van der Waals surface area contributed by atoms with E-state index in [1.165, 1.54) is 19.4 Å². The molecule has 17 heavy (non-hydrogen) atoms. The normalized spacial score (nSPS) is 24.5. The van der Waals surface area contributed by atoms with Crippen LogP contribution in [0.5, 0.6) is 0 Å². The number of nitriles is 1. The van der Waals surface area contributed by atoms with Gasteiger partial charge in [0.1, 0.15) is 6.07 Å². The molecule has 1 aromatic heterocycles. The van der Waals surface area contributed by atoms with E-state index < -0.39 is 0 Å². The maximum absolute atomic E-state index is 8.98. The Bertz CT molecular complexity index is 447. The number of hydrogen-bond donors (Lipinski definition) is 1. The van der Waals surface area contributed by atoms with E-state index in [9.17, 15) is 0 Å². The first kappa shape index (κ1) is 10.5. The molecule has 1 aromatic rings. The minimum Gasteiger partial charge on any atom is -0.379 e. The number of anilines is 1. The van der Waals surface area contributed by atoms with Gasteiger partial charge >= 0.3 is 0 Å². The fraction of sp³-hybridized carbons (Fsp3) is 0.538.